The Morgan fingerprint density at radius 3 is 0.583 bits per heavy atom. The monoisotopic (exact) mass is 160 g/mol. The molecule has 0 bridgehead atoms. The van der Waals surface area contributed by atoms with E-state index in [2.05, 4.69) is 0 Å². The van der Waals surface area contributed by atoms with E-state index in [1.54, 1.807) is 51.4 Å². The van der Waals surface area contributed by atoms with Crippen LogP contribution >= 0.6 is 0 Å². The van der Waals surface area contributed by atoms with Crippen LogP contribution in [0.5, 0.6) is 0 Å². The second kappa shape index (κ2) is 1.07. The summed E-state index contributed by atoms with van der Waals surface area (Å²) < 4.78 is 0. The largest absolute Gasteiger partial charge is 0.0459 e. The molecule has 0 aromatic rings. The first kappa shape index (κ1) is 5.67. The minimum absolute atomic E-state index is 0.983. The van der Waals surface area contributed by atoms with Crippen molar-refractivity contribution in [2.24, 2.45) is 21.7 Å². The molecule has 0 unspecified atom stereocenters. The van der Waals surface area contributed by atoms with Crippen LogP contribution in [-0.4, -0.2) is 0 Å². The van der Waals surface area contributed by atoms with Crippen LogP contribution in [-0.2, 0) is 0 Å². The highest BCUT2D eigenvalue weighted by molar-refractivity contribution is 5.46. The molecule has 0 aliphatic heterocycles. The molecular weight excluding hydrogens is 144 g/mol. The maximum atomic E-state index is 1.63. The molecule has 4 spiro atoms. The lowest BCUT2D eigenvalue weighted by molar-refractivity contribution is -0.118. The van der Waals surface area contributed by atoms with Crippen molar-refractivity contribution < 1.29 is 0 Å². The van der Waals surface area contributed by atoms with Crippen molar-refractivity contribution in [2.75, 3.05) is 0 Å². The summed E-state index contributed by atoms with van der Waals surface area (Å²) in [5, 5.41) is 0. The highest BCUT2D eigenvalue weighted by Crippen LogP contribution is 3.06. The first-order chi connectivity index (χ1) is 5.83. The van der Waals surface area contributed by atoms with Gasteiger partial charge >= 0.3 is 0 Å². The van der Waals surface area contributed by atoms with Crippen LogP contribution in [0, 0.1) is 21.7 Å². The third-order valence-electron chi connectivity index (χ3n) is 6.66. The maximum absolute atomic E-state index is 1.63. The van der Waals surface area contributed by atoms with Gasteiger partial charge in [-0.1, -0.05) is 0 Å². The Kier molecular flexibility index (Phi) is 0.508. The predicted molar refractivity (Wildman–Crippen MR) is 46.7 cm³/mol. The molecule has 0 heteroatoms. The predicted octanol–water partition coefficient (Wildman–Crippen LogP) is 3.12. The summed E-state index contributed by atoms with van der Waals surface area (Å²) in [5.41, 5.74) is 3.93. The topological polar surface area (TPSA) is 0 Å². The van der Waals surface area contributed by atoms with Gasteiger partial charge < -0.3 is 0 Å². The van der Waals surface area contributed by atoms with Gasteiger partial charge in [0.05, 0.1) is 0 Å². The minimum atomic E-state index is 0.983. The van der Waals surface area contributed by atoms with E-state index in [0.29, 0.717) is 0 Å². The van der Waals surface area contributed by atoms with Gasteiger partial charge in [0.1, 0.15) is 0 Å². The van der Waals surface area contributed by atoms with Gasteiger partial charge in [-0.05, 0) is 73.0 Å². The standard InChI is InChI=1S/C12H16/c1-2-9(1)10(3-4-10)12(7-8-12)11(9)5-6-11/h1-8H2. The van der Waals surface area contributed by atoms with Gasteiger partial charge in [0, 0.05) is 0 Å². The van der Waals surface area contributed by atoms with Crippen LogP contribution in [0.4, 0.5) is 0 Å². The summed E-state index contributed by atoms with van der Waals surface area (Å²) >= 11 is 0. The fourth-order valence-corrected chi connectivity index (χ4v) is 6.10. The van der Waals surface area contributed by atoms with Gasteiger partial charge in [0.25, 0.3) is 0 Å². The summed E-state index contributed by atoms with van der Waals surface area (Å²) in [6.45, 7) is 0. The van der Waals surface area contributed by atoms with Crippen molar-refractivity contribution in [3.05, 3.63) is 0 Å². The van der Waals surface area contributed by atoms with Crippen molar-refractivity contribution >= 4 is 0 Å². The molecule has 5 aliphatic rings. The third-order valence-corrected chi connectivity index (χ3v) is 6.66. The molecule has 0 radical (unpaired) electrons. The molecule has 5 fully saturated rings. The van der Waals surface area contributed by atoms with Crippen LogP contribution in [0.25, 0.3) is 0 Å². The fraction of sp³-hybridized carbons (Fsp3) is 1.00. The molecule has 0 N–H and O–H groups in total. The fourth-order valence-electron chi connectivity index (χ4n) is 6.10. The highest BCUT2D eigenvalue weighted by atomic mass is 15.0. The molecule has 0 aromatic carbocycles. The van der Waals surface area contributed by atoms with Crippen molar-refractivity contribution in [3.8, 4) is 0 Å². The van der Waals surface area contributed by atoms with E-state index in [-0.39, 0.29) is 0 Å². The molecule has 0 nitrogen and oxygen atoms in total. The average Bonchev–Trinajstić information content (AvgIpc) is 2.76. The lowest BCUT2D eigenvalue weighted by Gasteiger charge is -2.58. The third kappa shape index (κ3) is 0.258. The molecule has 0 saturated heterocycles. The highest BCUT2D eigenvalue weighted by Gasteiger charge is 2.98. The summed E-state index contributed by atoms with van der Waals surface area (Å²) in [7, 11) is 0. The molecule has 5 rings (SSSR count). The molecule has 0 amide bonds. The van der Waals surface area contributed by atoms with Crippen molar-refractivity contribution in [2.45, 2.75) is 51.4 Å². The molecule has 0 aromatic heterocycles. The average molecular weight is 160 g/mol. The Balaban J connectivity index is 1.79. The van der Waals surface area contributed by atoms with Crippen LogP contribution in [0.3, 0.4) is 0 Å². The van der Waals surface area contributed by atoms with Crippen molar-refractivity contribution in [1.29, 1.82) is 0 Å². The summed E-state index contributed by atoms with van der Waals surface area (Å²) in [6.07, 6.45) is 13.1. The zero-order chi connectivity index (χ0) is 7.66. The molecule has 5 saturated carbocycles. The number of hydrogen-bond acceptors (Lipinski definition) is 0. The van der Waals surface area contributed by atoms with Gasteiger partial charge in [-0.2, -0.15) is 0 Å². The quantitative estimate of drug-likeness (QED) is 0.510. The van der Waals surface area contributed by atoms with E-state index in [1.807, 2.05) is 0 Å². The second-order valence-electron chi connectivity index (χ2n) is 6.33. The summed E-state index contributed by atoms with van der Waals surface area (Å²) in [5.74, 6) is 0. The molecule has 5 aliphatic carbocycles. The number of hydrogen-bond donors (Lipinski definition) is 0. The SMILES string of the molecule is C1CC12C1(CC1)C1(CC1)C21CC1. The lowest BCUT2D eigenvalue weighted by atomic mass is 9.45. The van der Waals surface area contributed by atoms with Crippen LogP contribution in [0.1, 0.15) is 51.4 Å². The Labute approximate surface area is 73.7 Å². The van der Waals surface area contributed by atoms with E-state index in [1.165, 1.54) is 0 Å². The number of fused-ring (bicyclic) bond motifs is 4. The number of rotatable bonds is 0. The minimum Gasteiger partial charge on any atom is -0.0459 e. The first-order valence-electron chi connectivity index (χ1n) is 5.83. The lowest BCUT2D eigenvalue weighted by Crippen LogP contribution is -2.54. The van der Waals surface area contributed by atoms with Crippen molar-refractivity contribution in [1.82, 2.24) is 0 Å². The smallest absolute Gasteiger partial charge is 0.0173 e. The van der Waals surface area contributed by atoms with Crippen LogP contribution in [0.2, 0.25) is 0 Å². The normalized spacial score (nSPS) is 48.0. The van der Waals surface area contributed by atoms with Gasteiger partial charge in [-0.3, -0.25) is 0 Å². The van der Waals surface area contributed by atoms with Gasteiger partial charge in [0.15, 0.2) is 0 Å². The zero-order valence-corrected chi connectivity index (χ0v) is 7.66. The van der Waals surface area contributed by atoms with E-state index < -0.39 is 0 Å². The Bertz CT molecular complexity index is 216. The van der Waals surface area contributed by atoms with E-state index >= 15 is 0 Å². The molecule has 12 heavy (non-hydrogen) atoms. The van der Waals surface area contributed by atoms with Crippen LogP contribution in [0.15, 0.2) is 0 Å². The maximum Gasteiger partial charge on any atom is -0.0173 e. The molecule has 0 heterocycles. The molecule has 64 valence electrons. The van der Waals surface area contributed by atoms with Gasteiger partial charge in [-0.15, -0.1) is 0 Å². The summed E-state index contributed by atoms with van der Waals surface area (Å²) in [4.78, 5) is 0. The van der Waals surface area contributed by atoms with Crippen LogP contribution < -0.4 is 0 Å². The molecular formula is C12H16. The summed E-state index contributed by atoms with van der Waals surface area (Å²) in [6, 6.07) is 0. The Morgan fingerprint density at radius 1 is 0.333 bits per heavy atom. The van der Waals surface area contributed by atoms with E-state index in [0.717, 1.165) is 21.7 Å². The van der Waals surface area contributed by atoms with Gasteiger partial charge in [-0.25, -0.2) is 0 Å². The van der Waals surface area contributed by atoms with E-state index in [4.69, 9.17) is 0 Å². The van der Waals surface area contributed by atoms with E-state index in [9.17, 15) is 0 Å². The molecule has 0 atom stereocenters. The zero-order valence-electron chi connectivity index (χ0n) is 7.66. The van der Waals surface area contributed by atoms with Gasteiger partial charge in [0.2, 0.25) is 0 Å². The van der Waals surface area contributed by atoms with Crippen molar-refractivity contribution in [3.63, 3.8) is 0 Å². The Hall–Kier alpha value is 0. The first-order valence-corrected chi connectivity index (χ1v) is 5.83. The second-order valence-corrected chi connectivity index (χ2v) is 6.33. The Morgan fingerprint density at radius 2 is 0.500 bits per heavy atom.